The first-order valence-corrected chi connectivity index (χ1v) is 28.6. The summed E-state index contributed by atoms with van der Waals surface area (Å²) in [5.74, 6) is 0.483. The van der Waals surface area contributed by atoms with Crippen molar-refractivity contribution in [2.75, 3.05) is 40.1 Å². The summed E-state index contributed by atoms with van der Waals surface area (Å²) in [4.78, 5) is 59.7. The third-order valence-corrected chi connectivity index (χ3v) is 11.7. The van der Waals surface area contributed by atoms with Crippen LogP contribution < -0.4 is 5.32 Å². The molecule has 0 aliphatic carbocycles. The van der Waals surface area contributed by atoms with Crippen LogP contribution in [0.15, 0.2) is 0 Å². The molecule has 0 radical (unpaired) electrons. The van der Waals surface area contributed by atoms with Gasteiger partial charge in [-0.1, -0.05) is 119 Å². The molecule has 2 N–H and O–H groups in total. The van der Waals surface area contributed by atoms with Gasteiger partial charge in [-0.05, 0) is 20.8 Å². The van der Waals surface area contributed by atoms with E-state index in [0.717, 1.165) is 77.0 Å². The van der Waals surface area contributed by atoms with E-state index >= 15 is 0 Å². The van der Waals surface area contributed by atoms with Gasteiger partial charge in [0.1, 0.15) is 5.60 Å². The molecule has 0 spiro atoms. The molecular formula is C57H110BNO12. The van der Waals surface area contributed by atoms with Gasteiger partial charge in [-0.25, -0.2) is 0 Å². The number of ether oxygens (including phenoxy) is 6. The second-order valence-corrected chi connectivity index (χ2v) is 19.8. The number of likely N-dealkylation sites (N-methyl/N-ethyl adjacent to an activating group) is 1. The van der Waals surface area contributed by atoms with E-state index in [-0.39, 0.29) is 80.9 Å². The Labute approximate surface area is 435 Å². The standard InChI is InChI=1S/C50H94BNO10.C5H10O2.C2H6/c1-6-10-14-18-22-26-30-46(53)58-38-43(39-59-47(54)31-27-23-19-15-11-7-2)34-35-51-37-45(52-5)42-62-50(57)36-44(40-60-48(55)32-28-24-20-16-12-8-3)41-61-49(56)33-29-25-21-17-13-9-4;1-5(2,3)7-4-6;1-2/h35,43-45,50,52,57H,6-34,36-42H2,1-5H3;4H,1-3H3;1-2H3. The minimum absolute atomic E-state index is 0.0431. The molecule has 418 valence electrons. The first kappa shape index (κ1) is 72.4. The number of carbonyl (C=O) groups is 5. The number of aliphatic hydroxyl groups excluding tert-OH is 1. The summed E-state index contributed by atoms with van der Waals surface area (Å²) in [5.41, 5.74) is -0.318. The number of carbonyl (C=O) groups excluding carboxylic acids is 5. The predicted octanol–water partition coefficient (Wildman–Crippen LogP) is 13.0. The van der Waals surface area contributed by atoms with Crippen LogP contribution in [0, 0.1) is 11.8 Å². The fourth-order valence-corrected chi connectivity index (χ4v) is 7.24. The van der Waals surface area contributed by atoms with Crippen LogP contribution in [0.5, 0.6) is 0 Å². The van der Waals surface area contributed by atoms with Crippen LogP contribution in [0.2, 0.25) is 6.32 Å². The molecule has 71 heavy (non-hydrogen) atoms. The van der Waals surface area contributed by atoms with Crippen LogP contribution in [0.4, 0.5) is 0 Å². The average molecular weight is 1010 g/mol. The molecule has 0 aromatic heterocycles. The monoisotopic (exact) mass is 1010 g/mol. The minimum Gasteiger partial charge on any atom is -0.0654 e. The fourth-order valence-electron chi connectivity index (χ4n) is 7.24. The predicted molar refractivity (Wildman–Crippen MR) is 292 cm³/mol. The quantitative estimate of drug-likeness (QED) is 0.0147. The molecule has 0 rings (SSSR count). The number of esters is 4. The van der Waals surface area contributed by atoms with Crippen LogP contribution in [0.25, 0.3) is 0 Å². The molecule has 0 aliphatic rings. The summed E-state index contributed by atoms with van der Waals surface area (Å²) in [7, 11) is 1.83. The van der Waals surface area contributed by atoms with Crippen molar-refractivity contribution in [3.63, 3.8) is 0 Å². The summed E-state index contributed by atoms with van der Waals surface area (Å²) in [5, 5.41) is 14.1. The van der Waals surface area contributed by atoms with Crippen LogP contribution in [-0.2, 0) is 52.4 Å². The van der Waals surface area contributed by atoms with Gasteiger partial charge < -0.3 is 4.74 Å². The zero-order valence-electron chi connectivity index (χ0n) is 47.4. The Kier molecular flexibility index (Phi) is 56.0. The second kappa shape index (κ2) is 54.9. The number of unbranched alkanes of at least 4 members (excludes halogenated alkanes) is 20. The van der Waals surface area contributed by atoms with E-state index in [1.54, 1.807) is 0 Å². The zero-order valence-corrected chi connectivity index (χ0v) is 47.4. The smallest absolute Gasteiger partial charge is 0.0654 e. The third kappa shape index (κ3) is 56.3. The number of nitrogens with one attached hydrogen (secondary N) is 1. The molecule has 13 nitrogen and oxygen atoms in total. The first-order chi connectivity index (χ1) is 34.2. The van der Waals surface area contributed by atoms with E-state index in [9.17, 15) is 29.1 Å². The molecule has 0 aromatic rings. The fraction of sp³-hybridized carbons (Fsp3) is 0.895. The van der Waals surface area contributed by atoms with Gasteiger partial charge in [-0.15, -0.1) is 0 Å². The molecule has 0 saturated carbocycles. The number of hydrogen-bond acceptors (Lipinski definition) is 13. The Morgan fingerprint density at radius 1 is 0.521 bits per heavy atom. The van der Waals surface area contributed by atoms with Crippen LogP contribution in [0.1, 0.15) is 255 Å². The van der Waals surface area contributed by atoms with Gasteiger partial charge in [0.15, 0.2) is 0 Å². The third-order valence-electron chi connectivity index (χ3n) is 11.7. The summed E-state index contributed by atoms with van der Waals surface area (Å²) in [6, 6.07) is -0.103. The van der Waals surface area contributed by atoms with Gasteiger partial charge in [0.05, 0.1) is 0 Å². The van der Waals surface area contributed by atoms with Crippen molar-refractivity contribution in [2.24, 2.45) is 11.8 Å². The molecule has 2 unspecified atom stereocenters. The molecule has 0 heterocycles. The Morgan fingerprint density at radius 3 is 1.14 bits per heavy atom. The van der Waals surface area contributed by atoms with Gasteiger partial charge in [-0.2, -0.15) is 0 Å². The topological polar surface area (TPSA) is 173 Å². The van der Waals surface area contributed by atoms with E-state index in [0.29, 0.717) is 44.9 Å². The van der Waals surface area contributed by atoms with Crippen molar-refractivity contribution in [3.05, 3.63) is 0 Å². The Hall–Kier alpha value is -2.84. The van der Waals surface area contributed by atoms with Gasteiger partial charge >= 0.3 is 276 Å². The van der Waals surface area contributed by atoms with E-state index in [2.05, 4.69) is 37.7 Å². The van der Waals surface area contributed by atoms with Crippen molar-refractivity contribution in [1.29, 1.82) is 0 Å². The van der Waals surface area contributed by atoms with E-state index in [1.807, 2.05) is 54.6 Å². The van der Waals surface area contributed by atoms with Gasteiger partial charge in [0.2, 0.25) is 0 Å². The molecule has 0 aromatic carbocycles. The average Bonchev–Trinajstić information content (AvgIpc) is 3.34. The molecule has 0 fully saturated rings. The number of rotatable bonds is 47. The van der Waals surface area contributed by atoms with Gasteiger partial charge in [0, 0.05) is 0 Å². The number of hydrogen-bond donors (Lipinski definition) is 2. The summed E-state index contributed by atoms with van der Waals surface area (Å²) in [6.45, 7) is 21.4. The molecule has 0 bridgehead atoms. The zero-order chi connectivity index (χ0) is 53.6. The van der Waals surface area contributed by atoms with Gasteiger partial charge in [0.25, 0.3) is 6.47 Å². The Bertz CT molecular complexity index is 1180. The van der Waals surface area contributed by atoms with E-state index in [4.69, 9.17) is 23.7 Å². The minimum atomic E-state index is -1.14. The molecule has 0 aliphatic heterocycles. The van der Waals surface area contributed by atoms with Crippen LogP contribution >= 0.6 is 0 Å². The molecule has 2 atom stereocenters. The Balaban J connectivity index is -0.00000468. The maximum atomic E-state index is 12.5. The molecular weight excluding hydrogens is 901 g/mol. The van der Waals surface area contributed by atoms with Crippen molar-refractivity contribution in [2.45, 2.75) is 279 Å². The van der Waals surface area contributed by atoms with E-state index < -0.39 is 12.2 Å². The van der Waals surface area contributed by atoms with Crippen molar-refractivity contribution < 1.29 is 57.5 Å². The summed E-state index contributed by atoms with van der Waals surface area (Å²) >= 11 is 0. The van der Waals surface area contributed by atoms with Crippen LogP contribution in [0.3, 0.4) is 0 Å². The van der Waals surface area contributed by atoms with Crippen LogP contribution in [-0.4, -0.2) is 106 Å². The maximum absolute atomic E-state index is 12.5. The summed E-state index contributed by atoms with van der Waals surface area (Å²) in [6.07, 6.45) is 27.8. The molecule has 14 heteroatoms. The van der Waals surface area contributed by atoms with E-state index in [1.165, 1.54) is 77.0 Å². The Morgan fingerprint density at radius 2 is 0.845 bits per heavy atom. The second-order valence-electron chi connectivity index (χ2n) is 19.8. The van der Waals surface area contributed by atoms with Gasteiger partial charge in [-0.3, -0.25) is 4.79 Å². The summed E-state index contributed by atoms with van der Waals surface area (Å²) < 4.78 is 32.9. The number of aliphatic hydroxyl groups is 1. The van der Waals surface area contributed by atoms with Crippen molar-refractivity contribution in [1.82, 2.24) is 5.32 Å². The van der Waals surface area contributed by atoms with Crippen molar-refractivity contribution >= 4 is 43.2 Å². The molecule has 0 amide bonds. The normalized spacial score (nSPS) is 12.0. The van der Waals surface area contributed by atoms with Crippen molar-refractivity contribution in [3.8, 4) is 0 Å². The SMILES string of the molecule is CC.CC(C)(C)OC=O.CCCCCCCCC(=O)OCC(CC=BCC(COC(O)CC(COC(=O)CCCCCCCC)COC(=O)CCCCCCCC)NC)COC(=O)CCCCCCCC. The molecule has 0 saturated heterocycles. The first-order valence-electron chi connectivity index (χ1n) is 28.6.